The van der Waals surface area contributed by atoms with E-state index in [1.54, 1.807) is 0 Å². The Kier molecular flexibility index (Phi) is 4.11. The molecule has 0 spiro atoms. The number of hydrogen-bond donors (Lipinski definition) is 1. The Morgan fingerprint density at radius 1 is 1.27 bits per heavy atom. The molecular formula is C18H18ClNOS. The number of thiophene rings is 1. The van der Waals surface area contributed by atoms with Crippen LogP contribution in [0.3, 0.4) is 0 Å². The van der Waals surface area contributed by atoms with Gasteiger partial charge in [-0.3, -0.25) is 4.79 Å². The summed E-state index contributed by atoms with van der Waals surface area (Å²) in [6.45, 7) is 6.36. The fourth-order valence-electron chi connectivity index (χ4n) is 2.93. The van der Waals surface area contributed by atoms with Crippen molar-refractivity contribution in [2.24, 2.45) is 0 Å². The maximum Gasteiger partial charge on any atom is 0.257 e. The van der Waals surface area contributed by atoms with Gasteiger partial charge in [0.15, 0.2) is 0 Å². The van der Waals surface area contributed by atoms with Crippen molar-refractivity contribution in [2.45, 2.75) is 33.1 Å². The zero-order chi connectivity index (χ0) is 15.9. The average Bonchev–Trinajstić information content (AvgIpc) is 2.83. The summed E-state index contributed by atoms with van der Waals surface area (Å²) in [6.07, 6.45) is 1.02. The van der Waals surface area contributed by atoms with Crippen molar-refractivity contribution in [3.8, 4) is 11.1 Å². The van der Waals surface area contributed by atoms with Gasteiger partial charge in [0.05, 0.1) is 9.90 Å². The molecule has 0 saturated carbocycles. The molecule has 1 unspecified atom stereocenters. The number of aromatic amines is 1. The molecule has 0 aliphatic carbocycles. The van der Waals surface area contributed by atoms with Crippen LogP contribution in [0, 0.1) is 6.92 Å². The highest BCUT2D eigenvalue weighted by atomic mass is 35.5. The molecule has 0 fully saturated rings. The van der Waals surface area contributed by atoms with Crippen molar-refractivity contribution in [1.82, 2.24) is 4.98 Å². The van der Waals surface area contributed by atoms with E-state index in [2.05, 4.69) is 18.8 Å². The van der Waals surface area contributed by atoms with E-state index in [1.807, 2.05) is 37.3 Å². The highest BCUT2D eigenvalue weighted by molar-refractivity contribution is 7.22. The Morgan fingerprint density at radius 3 is 2.59 bits per heavy atom. The first-order chi connectivity index (χ1) is 10.5. The molecule has 2 nitrogen and oxygen atoms in total. The van der Waals surface area contributed by atoms with E-state index in [0.29, 0.717) is 5.92 Å². The molecule has 0 saturated heterocycles. The number of benzene rings is 1. The molecule has 1 N–H and O–H groups in total. The van der Waals surface area contributed by atoms with Gasteiger partial charge in [-0.15, -0.1) is 11.3 Å². The Hall–Kier alpha value is -1.58. The zero-order valence-electron chi connectivity index (χ0n) is 12.9. The summed E-state index contributed by atoms with van der Waals surface area (Å²) in [4.78, 5) is 16.4. The fourth-order valence-corrected chi connectivity index (χ4v) is 4.55. The molecule has 1 atom stereocenters. The van der Waals surface area contributed by atoms with Crippen LogP contribution in [0.5, 0.6) is 0 Å². The van der Waals surface area contributed by atoms with Crippen LogP contribution in [0.2, 0.25) is 4.34 Å². The number of rotatable bonds is 3. The van der Waals surface area contributed by atoms with E-state index in [-0.39, 0.29) is 5.56 Å². The highest BCUT2D eigenvalue weighted by Gasteiger charge is 2.21. The monoisotopic (exact) mass is 331 g/mol. The first-order valence-electron chi connectivity index (χ1n) is 7.44. The second-order valence-electron chi connectivity index (χ2n) is 5.62. The molecule has 2 aromatic heterocycles. The molecule has 22 heavy (non-hydrogen) atoms. The summed E-state index contributed by atoms with van der Waals surface area (Å²) in [5.41, 5.74) is 3.82. The maximum absolute atomic E-state index is 12.5. The predicted molar refractivity (Wildman–Crippen MR) is 96.3 cm³/mol. The summed E-state index contributed by atoms with van der Waals surface area (Å²) in [6, 6.07) is 9.81. The number of aryl methyl sites for hydroxylation is 1. The third kappa shape index (κ3) is 2.38. The SMILES string of the molecule is CCC(C)c1c(Cl)sc2[nH]c(=O)c(-c3ccccc3)c(C)c12. The third-order valence-electron chi connectivity index (χ3n) is 4.27. The Morgan fingerprint density at radius 2 is 1.95 bits per heavy atom. The molecule has 0 radical (unpaired) electrons. The van der Waals surface area contributed by atoms with Crippen LogP contribution in [-0.4, -0.2) is 4.98 Å². The van der Waals surface area contributed by atoms with Gasteiger partial charge < -0.3 is 4.98 Å². The molecule has 0 aliphatic heterocycles. The lowest BCUT2D eigenvalue weighted by molar-refractivity contribution is 0.741. The number of fused-ring (bicyclic) bond motifs is 1. The van der Waals surface area contributed by atoms with Crippen LogP contribution in [0.15, 0.2) is 35.1 Å². The van der Waals surface area contributed by atoms with E-state index in [4.69, 9.17) is 11.6 Å². The first kappa shape index (κ1) is 15.3. The Balaban J connectivity index is 2.39. The zero-order valence-corrected chi connectivity index (χ0v) is 14.4. The number of pyridine rings is 1. The molecule has 4 heteroatoms. The van der Waals surface area contributed by atoms with Crippen molar-refractivity contribution in [1.29, 1.82) is 0 Å². The summed E-state index contributed by atoms with van der Waals surface area (Å²) in [7, 11) is 0. The topological polar surface area (TPSA) is 32.9 Å². The number of hydrogen-bond acceptors (Lipinski definition) is 2. The van der Waals surface area contributed by atoms with Gasteiger partial charge in [-0.05, 0) is 36.0 Å². The van der Waals surface area contributed by atoms with E-state index < -0.39 is 0 Å². The number of nitrogens with one attached hydrogen (secondary N) is 1. The summed E-state index contributed by atoms with van der Waals surface area (Å²) in [5, 5.41) is 1.11. The molecule has 0 bridgehead atoms. The predicted octanol–water partition coefficient (Wildman–Crippen LogP) is 5.73. The highest BCUT2D eigenvalue weighted by Crippen LogP contribution is 2.42. The number of H-pyrrole nitrogens is 1. The summed E-state index contributed by atoms with van der Waals surface area (Å²) in [5.74, 6) is 0.370. The van der Waals surface area contributed by atoms with Crippen LogP contribution in [0.4, 0.5) is 0 Å². The maximum atomic E-state index is 12.5. The van der Waals surface area contributed by atoms with Gasteiger partial charge in [-0.2, -0.15) is 0 Å². The molecule has 1 aromatic carbocycles. The van der Waals surface area contributed by atoms with Crippen molar-refractivity contribution in [2.75, 3.05) is 0 Å². The van der Waals surface area contributed by atoms with Gasteiger partial charge in [-0.25, -0.2) is 0 Å². The molecule has 0 aliphatic rings. The van der Waals surface area contributed by atoms with Gasteiger partial charge in [0.2, 0.25) is 0 Å². The second-order valence-corrected chi connectivity index (χ2v) is 7.25. The summed E-state index contributed by atoms with van der Waals surface area (Å²) < 4.78 is 0.785. The quantitative estimate of drug-likeness (QED) is 0.653. The van der Waals surface area contributed by atoms with E-state index in [9.17, 15) is 4.79 Å². The Bertz CT molecular complexity index is 879. The smallest absolute Gasteiger partial charge is 0.257 e. The van der Waals surface area contributed by atoms with Crippen molar-refractivity contribution in [3.05, 3.63) is 56.1 Å². The van der Waals surface area contributed by atoms with Crippen molar-refractivity contribution in [3.63, 3.8) is 0 Å². The lowest BCUT2D eigenvalue weighted by Crippen LogP contribution is -2.11. The largest absolute Gasteiger partial charge is 0.313 e. The number of halogens is 1. The molecule has 0 amide bonds. The van der Waals surface area contributed by atoms with Gasteiger partial charge in [0.1, 0.15) is 4.83 Å². The average molecular weight is 332 g/mol. The van der Waals surface area contributed by atoms with Crippen LogP contribution >= 0.6 is 22.9 Å². The second kappa shape index (κ2) is 5.90. The molecule has 2 heterocycles. The van der Waals surface area contributed by atoms with Crippen LogP contribution in [0.1, 0.15) is 37.3 Å². The fraction of sp³-hybridized carbons (Fsp3) is 0.278. The van der Waals surface area contributed by atoms with Gasteiger partial charge >= 0.3 is 0 Å². The third-order valence-corrected chi connectivity index (χ3v) is 5.62. The lowest BCUT2D eigenvalue weighted by atomic mass is 9.93. The summed E-state index contributed by atoms with van der Waals surface area (Å²) >= 11 is 7.92. The standard InChI is InChI=1S/C18H18ClNOS/c1-4-10(2)13-15-11(3)14(12-8-6-5-7-9-12)17(21)20-18(15)22-16(13)19/h5-10H,4H2,1-3H3,(H,20,21). The minimum Gasteiger partial charge on any atom is -0.313 e. The number of aromatic nitrogens is 1. The molecule has 3 rings (SSSR count). The minimum absolute atomic E-state index is 0.0511. The van der Waals surface area contributed by atoms with Crippen molar-refractivity contribution < 1.29 is 0 Å². The van der Waals surface area contributed by atoms with E-state index in [1.165, 1.54) is 11.3 Å². The first-order valence-corrected chi connectivity index (χ1v) is 8.64. The van der Waals surface area contributed by atoms with Crippen LogP contribution in [0.25, 0.3) is 21.3 Å². The van der Waals surface area contributed by atoms with Gasteiger partial charge in [-0.1, -0.05) is 55.8 Å². The van der Waals surface area contributed by atoms with Gasteiger partial charge in [0.25, 0.3) is 5.56 Å². The van der Waals surface area contributed by atoms with Crippen LogP contribution in [-0.2, 0) is 0 Å². The lowest BCUT2D eigenvalue weighted by Gasteiger charge is -2.12. The molecular weight excluding hydrogens is 314 g/mol. The van der Waals surface area contributed by atoms with E-state index in [0.717, 1.165) is 43.2 Å². The Labute approximate surface area is 138 Å². The normalized spacial score (nSPS) is 12.7. The van der Waals surface area contributed by atoms with Gasteiger partial charge in [0, 0.05) is 5.39 Å². The minimum atomic E-state index is -0.0511. The van der Waals surface area contributed by atoms with E-state index >= 15 is 0 Å². The molecule has 114 valence electrons. The van der Waals surface area contributed by atoms with Crippen LogP contribution < -0.4 is 5.56 Å². The van der Waals surface area contributed by atoms with Crippen molar-refractivity contribution >= 4 is 33.2 Å². The molecule has 3 aromatic rings.